The molecular weight excluding hydrogens is 328 g/mol. The minimum Gasteiger partial charge on any atom is -0.467 e. The molecule has 24 heavy (non-hydrogen) atoms. The molecule has 0 unspecified atom stereocenters. The highest BCUT2D eigenvalue weighted by molar-refractivity contribution is 7.89. The van der Waals surface area contributed by atoms with Crippen molar-refractivity contribution in [3.05, 3.63) is 53.5 Å². The van der Waals surface area contributed by atoms with Crippen molar-refractivity contribution >= 4 is 15.9 Å². The third kappa shape index (κ3) is 4.69. The fourth-order valence-corrected chi connectivity index (χ4v) is 3.59. The first-order valence-electron chi connectivity index (χ1n) is 7.54. The molecular formula is C17H22N2O4S. The molecule has 0 saturated carbocycles. The molecule has 0 aliphatic heterocycles. The van der Waals surface area contributed by atoms with Crippen molar-refractivity contribution in [2.24, 2.45) is 0 Å². The van der Waals surface area contributed by atoms with Crippen LogP contribution in [0.25, 0.3) is 0 Å². The van der Waals surface area contributed by atoms with E-state index in [2.05, 4.69) is 10.0 Å². The van der Waals surface area contributed by atoms with E-state index in [0.717, 1.165) is 0 Å². The van der Waals surface area contributed by atoms with E-state index in [0.29, 0.717) is 16.9 Å². The number of hydrogen-bond donors (Lipinski definition) is 2. The zero-order valence-corrected chi connectivity index (χ0v) is 15.0. The molecule has 0 saturated heterocycles. The number of furan rings is 1. The summed E-state index contributed by atoms with van der Waals surface area (Å²) in [5, 5.41) is 2.72. The molecule has 0 atom stereocenters. The van der Waals surface area contributed by atoms with E-state index < -0.39 is 15.6 Å². The molecule has 1 amide bonds. The standard InChI is InChI=1S/C17H22N2O4S/c1-12-7-8-14(24(21,22)19-17(2,3)4)10-15(12)16(20)18-11-13-6-5-9-23-13/h5-10,19H,11H2,1-4H3,(H,18,20). The molecule has 1 heterocycles. The van der Waals surface area contributed by atoms with Gasteiger partial charge in [0, 0.05) is 11.1 Å². The maximum absolute atomic E-state index is 12.4. The van der Waals surface area contributed by atoms with Crippen LogP contribution in [0.5, 0.6) is 0 Å². The zero-order valence-electron chi connectivity index (χ0n) is 14.2. The lowest BCUT2D eigenvalue weighted by Gasteiger charge is -2.20. The van der Waals surface area contributed by atoms with Crippen LogP contribution in [0.2, 0.25) is 0 Å². The number of aryl methyl sites for hydroxylation is 1. The van der Waals surface area contributed by atoms with Crippen molar-refractivity contribution in [2.75, 3.05) is 0 Å². The summed E-state index contributed by atoms with van der Waals surface area (Å²) < 4.78 is 32.6. The maximum Gasteiger partial charge on any atom is 0.251 e. The van der Waals surface area contributed by atoms with Gasteiger partial charge in [-0.05, 0) is 57.5 Å². The Kier molecular flexibility index (Phi) is 5.15. The Morgan fingerprint density at radius 1 is 1.21 bits per heavy atom. The number of carbonyl (C=O) groups excluding carboxylic acids is 1. The van der Waals surface area contributed by atoms with Gasteiger partial charge < -0.3 is 9.73 Å². The van der Waals surface area contributed by atoms with E-state index in [1.807, 2.05) is 0 Å². The molecule has 2 N–H and O–H groups in total. The molecule has 130 valence electrons. The zero-order chi connectivity index (χ0) is 18.0. The van der Waals surface area contributed by atoms with Gasteiger partial charge in [-0.25, -0.2) is 13.1 Å². The summed E-state index contributed by atoms with van der Waals surface area (Å²) in [6, 6.07) is 7.99. The van der Waals surface area contributed by atoms with Gasteiger partial charge in [-0.3, -0.25) is 4.79 Å². The van der Waals surface area contributed by atoms with Crippen LogP contribution in [-0.4, -0.2) is 19.9 Å². The maximum atomic E-state index is 12.4. The lowest BCUT2D eigenvalue weighted by Crippen LogP contribution is -2.40. The summed E-state index contributed by atoms with van der Waals surface area (Å²) in [7, 11) is -3.70. The lowest BCUT2D eigenvalue weighted by molar-refractivity contribution is 0.0947. The molecule has 2 rings (SSSR count). The number of hydrogen-bond acceptors (Lipinski definition) is 4. The summed E-state index contributed by atoms with van der Waals surface area (Å²) >= 11 is 0. The van der Waals surface area contributed by atoms with Crippen molar-refractivity contribution in [3.8, 4) is 0 Å². The number of amides is 1. The van der Waals surface area contributed by atoms with Gasteiger partial charge in [-0.2, -0.15) is 0 Å². The van der Waals surface area contributed by atoms with Gasteiger partial charge in [0.1, 0.15) is 5.76 Å². The topological polar surface area (TPSA) is 88.4 Å². The molecule has 6 nitrogen and oxygen atoms in total. The smallest absolute Gasteiger partial charge is 0.251 e. The molecule has 1 aromatic heterocycles. The van der Waals surface area contributed by atoms with Crippen LogP contribution in [0.3, 0.4) is 0 Å². The fourth-order valence-electron chi connectivity index (χ4n) is 2.15. The van der Waals surface area contributed by atoms with Crippen LogP contribution in [0.4, 0.5) is 0 Å². The summed E-state index contributed by atoms with van der Waals surface area (Å²) in [5.41, 5.74) is 0.408. The third-order valence-corrected chi connectivity index (χ3v) is 4.96. The van der Waals surface area contributed by atoms with Gasteiger partial charge in [-0.15, -0.1) is 0 Å². The van der Waals surface area contributed by atoms with Crippen molar-refractivity contribution in [3.63, 3.8) is 0 Å². The Morgan fingerprint density at radius 2 is 1.92 bits per heavy atom. The number of carbonyl (C=O) groups is 1. The van der Waals surface area contributed by atoms with Crippen molar-refractivity contribution in [1.82, 2.24) is 10.0 Å². The van der Waals surface area contributed by atoms with Gasteiger partial charge in [0.15, 0.2) is 0 Å². The fraction of sp³-hybridized carbons (Fsp3) is 0.353. The van der Waals surface area contributed by atoms with E-state index in [1.54, 1.807) is 45.9 Å². The number of rotatable bonds is 5. The van der Waals surface area contributed by atoms with Gasteiger partial charge in [0.2, 0.25) is 10.0 Å². The minimum absolute atomic E-state index is 0.0613. The first kappa shape index (κ1) is 18.2. The van der Waals surface area contributed by atoms with E-state index in [-0.39, 0.29) is 17.3 Å². The summed E-state index contributed by atoms with van der Waals surface area (Å²) in [6.07, 6.45) is 1.53. The Hall–Kier alpha value is -2.12. The van der Waals surface area contributed by atoms with Crippen molar-refractivity contribution in [2.45, 2.75) is 44.7 Å². The van der Waals surface area contributed by atoms with Gasteiger partial charge in [0.05, 0.1) is 17.7 Å². The van der Waals surface area contributed by atoms with Gasteiger partial charge in [-0.1, -0.05) is 6.07 Å². The van der Waals surface area contributed by atoms with Gasteiger partial charge in [0.25, 0.3) is 5.91 Å². The van der Waals surface area contributed by atoms with Gasteiger partial charge >= 0.3 is 0 Å². The van der Waals surface area contributed by atoms with Crippen molar-refractivity contribution < 1.29 is 17.6 Å². The Balaban J connectivity index is 2.23. The van der Waals surface area contributed by atoms with E-state index >= 15 is 0 Å². The normalized spacial score (nSPS) is 12.2. The predicted octanol–water partition coefficient (Wildman–Crippen LogP) is 2.59. The SMILES string of the molecule is Cc1ccc(S(=O)(=O)NC(C)(C)C)cc1C(=O)NCc1ccco1. The molecule has 1 aromatic carbocycles. The monoisotopic (exact) mass is 350 g/mol. The van der Waals surface area contributed by atoms with Crippen LogP contribution in [0, 0.1) is 6.92 Å². The molecule has 0 bridgehead atoms. The molecule has 0 fully saturated rings. The molecule has 0 aliphatic rings. The van der Waals surface area contributed by atoms with E-state index in [1.165, 1.54) is 18.4 Å². The Morgan fingerprint density at radius 3 is 2.50 bits per heavy atom. The van der Waals surface area contributed by atoms with E-state index in [4.69, 9.17) is 4.42 Å². The molecule has 7 heteroatoms. The minimum atomic E-state index is -3.70. The number of nitrogens with one attached hydrogen (secondary N) is 2. The summed E-state index contributed by atoms with van der Waals surface area (Å²) in [5.74, 6) is 0.274. The molecule has 0 aliphatic carbocycles. The highest BCUT2D eigenvalue weighted by Gasteiger charge is 2.23. The highest BCUT2D eigenvalue weighted by Crippen LogP contribution is 2.18. The third-order valence-electron chi connectivity index (χ3n) is 3.21. The Bertz CT molecular complexity index is 819. The number of sulfonamides is 1. The molecule has 0 spiro atoms. The number of benzene rings is 1. The second-order valence-electron chi connectivity index (χ2n) is 6.59. The predicted molar refractivity (Wildman–Crippen MR) is 91.1 cm³/mol. The lowest BCUT2D eigenvalue weighted by atomic mass is 10.1. The highest BCUT2D eigenvalue weighted by atomic mass is 32.2. The molecule has 0 radical (unpaired) electrons. The average Bonchev–Trinajstić information content (AvgIpc) is 2.95. The second-order valence-corrected chi connectivity index (χ2v) is 8.28. The van der Waals surface area contributed by atoms with Crippen LogP contribution < -0.4 is 10.0 Å². The first-order valence-corrected chi connectivity index (χ1v) is 9.02. The van der Waals surface area contributed by atoms with Crippen LogP contribution in [0.15, 0.2) is 45.9 Å². The first-order chi connectivity index (χ1) is 11.1. The largest absolute Gasteiger partial charge is 0.467 e. The average molecular weight is 350 g/mol. The second kappa shape index (κ2) is 6.78. The van der Waals surface area contributed by atoms with E-state index in [9.17, 15) is 13.2 Å². The van der Waals surface area contributed by atoms with Crippen LogP contribution >= 0.6 is 0 Å². The van der Waals surface area contributed by atoms with Crippen molar-refractivity contribution in [1.29, 1.82) is 0 Å². The van der Waals surface area contributed by atoms with Crippen LogP contribution in [0.1, 0.15) is 42.5 Å². The molecule has 2 aromatic rings. The van der Waals surface area contributed by atoms with Crippen LogP contribution in [-0.2, 0) is 16.6 Å². The summed E-state index contributed by atoms with van der Waals surface area (Å²) in [4.78, 5) is 12.4. The quantitative estimate of drug-likeness (QED) is 0.867. The summed E-state index contributed by atoms with van der Waals surface area (Å²) in [6.45, 7) is 7.28. The Labute approximate surface area is 142 Å².